The Balaban J connectivity index is 1.65. The van der Waals surface area contributed by atoms with Gasteiger partial charge in [-0.2, -0.15) is 5.26 Å². The molecule has 0 atom stereocenters. The van der Waals surface area contributed by atoms with Gasteiger partial charge in [-0.1, -0.05) is 87.4 Å². The van der Waals surface area contributed by atoms with E-state index < -0.39 is 0 Å². The maximum absolute atomic E-state index is 10.0. The standard InChI is InChI=1S/C37H42N10/c1-19(2)29-39-30(20(3)4)42-34(41-29)25-12-11-13-26(16-25)35-43-33(23(9)10)46-37(47-35)28-15-24(18-38)14-27(17-28)36-44-31(21(5)6)40-32(45-36)22(7)8/h11-17,19-23H,1-10H3. The molecule has 2 aromatic carbocycles. The van der Waals surface area contributed by atoms with Crippen molar-refractivity contribution < 1.29 is 0 Å². The van der Waals surface area contributed by atoms with E-state index in [0.29, 0.717) is 57.5 Å². The summed E-state index contributed by atoms with van der Waals surface area (Å²) in [5, 5.41) is 10.0. The Morgan fingerprint density at radius 1 is 0.404 bits per heavy atom. The minimum atomic E-state index is 0.0359. The summed E-state index contributed by atoms with van der Waals surface area (Å²) in [6.07, 6.45) is 0. The Bertz CT molecular complexity index is 1900. The molecule has 240 valence electrons. The van der Waals surface area contributed by atoms with Crippen molar-refractivity contribution in [3.8, 4) is 51.6 Å². The van der Waals surface area contributed by atoms with Crippen LogP contribution in [-0.4, -0.2) is 44.9 Å². The van der Waals surface area contributed by atoms with Crippen molar-refractivity contribution in [3.05, 3.63) is 77.2 Å². The topological polar surface area (TPSA) is 140 Å². The smallest absolute Gasteiger partial charge is 0.163 e. The van der Waals surface area contributed by atoms with Gasteiger partial charge in [0, 0.05) is 51.8 Å². The van der Waals surface area contributed by atoms with E-state index in [1.54, 1.807) is 12.1 Å². The van der Waals surface area contributed by atoms with Crippen LogP contribution in [-0.2, 0) is 0 Å². The second-order valence-electron chi connectivity index (χ2n) is 13.4. The fourth-order valence-electron chi connectivity index (χ4n) is 4.77. The Morgan fingerprint density at radius 3 is 1.06 bits per heavy atom. The van der Waals surface area contributed by atoms with Gasteiger partial charge in [-0.25, -0.2) is 44.9 Å². The van der Waals surface area contributed by atoms with Gasteiger partial charge in [0.25, 0.3) is 0 Å². The van der Waals surface area contributed by atoms with E-state index in [1.807, 2.05) is 44.2 Å². The lowest BCUT2D eigenvalue weighted by molar-refractivity contribution is 0.697. The Labute approximate surface area is 277 Å². The van der Waals surface area contributed by atoms with Crippen LogP contribution in [0.1, 0.15) is 134 Å². The molecule has 10 heteroatoms. The van der Waals surface area contributed by atoms with E-state index in [-0.39, 0.29) is 29.6 Å². The summed E-state index contributed by atoms with van der Waals surface area (Å²) in [4.78, 5) is 43.2. The first-order valence-electron chi connectivity index (χ1n) is 16.3. The first kappa shape index (κ1) is 33.3. The van der Waals surface area contributed by atoms with Gasteiger partial charge >= 0.3 is 0 Å². The fraction of sp³-hybridized carbons (Fsp3) is 0.405. The van der Waals surface area contributed by atoms with E-state index in [9.17, 15) is 5.26 Å². The summed E-state index contributed by atoms with van der Waals surface area (Å²) in [6.45, 7) is 20.7. The lowest BCUT2D eigenvalue weighted by atomic mass is 10.0. The van der Waals surface area contributed by atoms with E-state index >= 15 is 0 Å². The van der Waals surface area contributed by atoms with Crippen LogP contribution in [0.25, 0.3) is 45.6 Å². The Hall–Kier alpha value is -5.04. The predicted octanol–water partition coefficient (Wildman–Crippen LogP) is 8.40. The van der Waals surface area contributed by atoms with E-state index in [1.165, 1.54) is 0 Å². The molecule has 0 aliphatic carbocycles. The van der Waals surface area contributed by atoms with E-state index in [4.69, 9.17) is 39.9 Å². The third-order valence-electron chi connectivity index (χ3n) is 7.53. The van der Waals surface area contributed by atoms with Crippen molar-refractivity contribution in [2.45, 2.75) is 98.8 Å². The highest BCUT2D eigenvalue weighted by molar-refractivity contribution is 5.71. The molecule has 0 saturated carbocycles. The molecule has 0 amide bonds. The van der Waals surface area contributed by atoms with E-state index in [2.05, 4.69) is 66.4 Å². The van der Waals surface area contributed by atoms with Crippen LogP contribution in [0.3, 0.4) is 0 Å². The number of nitrogens with zero attached hydrogens (tertiary/aromatic N) is 10. The highest BCUT2D eigenvalue weighted by atomic mass is 15.1. The van der Waals surface area contributed by atoms with Crippen molar-refractivity contribution in [2.24, 2.45) is 0 Å². The monoisotopic (exact) mass is 626 g/mol. The highest BCUT2D eigenvalue weighted by Crippen LogP contribution is 2.30. The number of aromatic nitrogens is 9. The van der Waals surface area contributed by atoms with Crippen LogP contribution >= 0.6 is 0 Å². The summed E-state index contributed by atoms with van der Waals surface area (Å²) in [5.74, 6) is 6.35. The lowest BCUT2D eigenvalue weighted by Gasteiger charge is -2.14. The first-order chi connectivity index (χ1) is 22.3. The molecule has 3 aromatic heterocycles. The summed E-state index contributed by atoms with van der Waals surface area (Å²) < 4.78 is 0. The van der Waals surface area contributed by atoms with Gasteiger partial charge in [0.05, 0.1) is 11.6 Å². The SMILES string of the molecule is CC(C)c1nc(-c2cccc(-c3nc(C(C)C)nc(C(C)C)n3)c2)nc(-c2cc(C#N)cc(-c3nc(C(C)C)nc(C(C)C)n3)c2)n1. The van der Waals surface area contributed by atoms with Crippen molar-refractivity contribution >= 4 is 0 Å². The van der Waals surface area contributed by atoms with Crippen LogP contribution in [0.2, 0.25) is 0 Å². The highest BCUT2D eigenvalue weighted by Gasteiger charge is 2.19. The molecule has 5 aromatic rings. The number of benzene rings is 2. The Morgan fingerprint density at radius 2 is 0.702 bits per heavy atom. The molecule has 0 radical (unpaired) electrons. The molecule has 47 heavy (non-hydrogen) atoms. The molecule has 0 unspecified atom stereocenters. The van der Waals surface area contributed by atoms with Crippen molar-refractivity contribution in [1.82, 2.24) is 44.9 Å². The average molecular weight is 627 g/mol. The average Bonchev–Trinajstić information content (AvgIpc) is 3.07. The normalized spacial score (nSPS) is 11.7. The van der Waals surface area contributed by atoms with Crippen LogP contribution in [0.4, 0.5) is 0 Å². The fourth-order valence-corrected chi connectivity index (χ4v) is 4.77. The van der Waals surface area contributed by atoms with Gasteiger partial charge in [-0.05, 0) is 24.3 Å². The molecule has 5 rings (SSSR count). The zero-order valence-corrected chi connectivity index (χ0v) is 28.9. The van der Waals surface area contributed by atoms with Gasteiger partial charge in [0.15, 0.2) is 23.3 Å². The van der Waals surface area contributed by atoms with Gasteiger partial charge < -0.3 is 0 Å². The second-order valence-corrected chi connectivity index (χ2v) is 13.4. The van der Waals surface area contributed by atoms with Crippen LogP contribution < -0.4 is 0 Å². The van der Waals surface area contributed by atoms with Crippen molar-refractivity contribution in [2.75, 3.05) is 0 Å². The molecular formula is C37H42N10. The Kier molecular flexibility index (Phi) is 9.75. The predicted molar refractivity (Wildman–Crippen MR) is 184 cm³/mol. The molecule has 0 saturated heterocycles. The molecule has 0 aliphatic heterocycles. The van der Waals surface area contributed by atoms with Gasteiger partial charge in [0.2, 0.25) is 0 Å². The number of hydrogen-bond donors (Lipinski definition) is 0. The maximum atomic E-state index is 10.0. The third kappa shape index (κ3) is 7.51. The minimum Gasteiger partial charge on any atom is -0.217 e. The number of hydrogen-bond acceptors (Lipinski definition) is 10. The van der Waals surface area contributed by atoms with Gasteiger partial charge in [-0.3, -0.25) is 0 Å². The third-order valence-corrected chi connectivity index (χ3v) is 7.53. The molecule has 0 fully saturated rings. The van der Waals surface area contributed by atoms with Crippen LogP contribution in [0.15, 0.2) is 42.5 Å². The molecule has 0 N–H and O–H groups in total. The van der Waals surface area contributed by atoms with Crippen molar-refractivity contribution in [3.63, 3.8) is 0 Å². The molecule has 3 heterocycles. The maximum Gasteiger partial charge on any atom is 0.163 e. The summed E-state index contributed by atoms with van der Waals surface area (Å²) in [6, 6.07) is 15.8. The summed E-state index contributed by atoms with van der Waals surface area (Å²) in [5.41, 5.74) is 3.51. The van der Waals surface area contributed by atoms with Crippen LogP contribution in [0, 0.1) is 11.3 Å². The summed E-state index contributed by atoms with van der Waals surface area (Å²) in [7, 11) is 0. The van der Waals surface area contributed by atoms with E-state index in [0.717, 1.165) is 22.8 Å². The molecule has 0 aliphatic rings. The molecule has 10 nitrogen and oxygen atoms in total. The lowest BCUT2D eigenvalue weighted by Crippen LogP contribution is -2.08. The first-order valence-corrected chi connectivity index (χ1v) is 16.3. The number of nitriles is 1. The van der Waals surface area contributed by atoms with Crippen molar-refractivity contribution in [1.29, 1.82) is 5.26 Å². The minimum absolute atomic E-state index is 0.0359. The quantitative estimate of drug-likeness (QED) is 0.157. The van der Waals surface area contributed by atoms with Gasteiger partial charge in [0.1, 0.15) is 29.1 Å². The second kappa shape index (κ2) is 13.8. The van der Waals surface area contributed by atoms with Gasteiger partial charge in [-0.15, -0.1) is 0 Å². The zero-order chi connectivity index (χ0) is 34.0. The van der Waals surface area contributed by atoms with Crippen LogP contribution in [0.5, 0.6) is 0 Å². The number of rotatable bonds is 9. The zero-order valence-electron chi connectivity index (χ0n) is 28.9. The summed E-state index contributed by atoms with van der Waals surface area (Å²) >= 11 is 0. The molecule has 0 spiro atoms. The molecule has 0 bridgehead atoms. The largest absolute Gasteiger partial charge is 0.217 e. The molecular weight excluding hydrogens is 584 g/mol.